The summed E-state index contributed by atoms with van der Waals surface area (Å²) in [5.41, 5.74) is -2.40. The fraction of sp³-hybridized carbons (Fsp3) is 0.111. The van der Waals surface area contributed by atoms with Gasteiger partial charge < -0.3 is 10.6 Å². The molecule has 0 spiro atoms. The molecule has 2 amide bonds. The Hall–Kier alpha value is -3.98. The molecule has 4 rings (SSSR count). The summed E-state index contributed by atoms with van der Waals surface area (Å²) in [6.07, 6.45) is -3.68. The number of rotatable bonds is 6. The summed E-state index contributed by atoms with van der Waals surface area (Å²) in [5, 5.41) is 5.41. The van der Waals surface area contributed by atoms with Crippen molar-refractivity contribution in [1.82, 2.24) is 10.3 Å². The number of carbonyl (C=O) groups excluding carboxylic acids is 1. The maximum absolute atomic E-state index is 14.6. The highest BCUT2D eigenvalue weighted by Gasteiger charge is 2.41. The molecule has 4 aromatic rings. The van der Waals surface area contributed by atoms with E-state index in [1.165, 1.54) is 36.5 Å². The summed E-state index contributed by atoms with van der Waals surface area (Å²) < 4.78 is 69.3. The van der Waals surface area contributed by atoms with Gasteiger partial charge in [0, 0.05) is 18.3 Å². The minimum atomic E-state index is -4.85. The van der Waals surface area contributed by atoms with Crippen molar-refractivity contribution in [3.05, 3.63) is 130 Å². The molecule has 0 bridgehead atoms. The second-order valence-corrected chi connectivity index (χ2v) is 8.68. The molecule has 0 aliphatic heterocycles. The lowest BCUT2D eigenvalue weighted by Gasteiger charge is -2.36. The van der Waals surface area contributed by atoms with Crippen LogP contribution in [0.15, 0.2) is 91.1 Å². The van der Waals surface area contributed by atoms with Crippen molar-refractivity contribution in [2.24, 2.45) is 0 Å². The predicted molar refractivity (Wildman–Crippen MR) is 130 cm³/mol. The fourth-order valence-electron chi connectivity index (χ4n) is 3.97. The molecule has 2 N–H and O–H groups in total. The summed E-state index contributed by atoms with van der Waals surface area (Å²) >= 11 is 6.00. The van der Waals surface area contributed by atoms with Crippen molar-refractivity contribution < 1.29 is 26.7 Å². The van der Waals surface area contributed by atoms with E-state index < -0.39 is 34.9 Å². The largest absolute Gasteiger partial charge is 0.416 e. The second kappa shape index (κ2) is 10.6. The van der Waals surface area contributed by atoms with Gasteiger partial charge in [0.2, 0.25) is 0 Å². The fourth-order valence-corrected chi connectivity index (χ4v) is 4.09. The van der Waals surface area contributed by atoms with Gasteiger partial charge in [-0.2, -0.15) is 13.2 Å². The van der Waals surface area contributed by atoms with Gasteiger partial charge in [0.1, 0.15) is 17.2 Å². The monoisotopic (exact) mass is 531 g/mol. The van der Waals surface area contributed by atoms with Gasteiger partial charge in [-0.3, -0.25) is 4.98 Å². The smallest absolute Gasteiger partial charge is 0.322 e. The number of halogens is 6. The van der Waals surface area contributed by atoms with Gasteiger partial charge >= 0.3 is 12.2 Å². The molecule has 1 atom stereocenters. The van der Waals surface area contributed by atoms with Crippen LogP contribution in [0.5, 0.6) is 0 Å². The molecule has 4 nitrogen and oxygen atoms in total. The lowest BCUT2D eigenvalue weighted by Crippen LogP contribution is -2.50. The van der Waals surface area contributed by atoms with Gasteiger partial charge in [0.05, 0.1) is 16.3 Å². The lowest BCUT2D eigenvalue weighted by molar-refractivity contribution is -0.137. The van der Waals surface area contributed by atoms with E-state index in [1.54, 1.807) is 30.3 Å². The van der Waals surface area contributed by atoms with Crippen molar-refractivity contribution in [1.29, 1.82) is 0 Å². The van der Waals surface area contributed by atoms with Crippen molar-refractivity contribution in [2.75, 3.05) is 5.32 Å². The molecule has 10 heteroatoms. The molecular formula is C27H19ClF5N3O. The first-order chi connectivity index (χ1) is 17.5. The predicted octanol–water partition coefficient (Wildman–Crippen LogP) is 7.34. The van der Waals surface area contributed by atoms with Crippen LogP contribution < -0.4 is 10.6 Å². The van der Waals surface area contributed by atoms with Crippen LogP contribution in [0.2, 0.25) is 5.02 Å². The second-order valence-electron chi connectivity index (χ2n) is 8.25. The summed E-state index contributed by atoms with van der Waals surface area (Å²) in [4.78, 5) is 17.5. The van der Waals surface area contributed by atoms with Crippen LogP contribution in [0.3, 0.4) is 0 Å². The highest BCUT2D eigenvalue weighted by molar-refractivity contribution is 6.30. The van der Waals surface area contributed by atoms with Crippen LogP contribution in [0.1, 0.15) is 22.4 Å². The molecule has 190 valence electrons. The van der Waals surface area contributed by atoms with Gasteiger partial charge in [-0.1, -0.05) is 48.0 Å². The number of amides is 2. The molecule has 0 fully saturated rings. The average Bonchev–Trinajstić information content (AvgIpc) is 2.84. The highest BCUT2D eigenvalue weighted by Crippen LogP contribution is 2.38. The van der Waals surface area contributed by atoms with E-state index in [9.17, 15) is 26.7 Å². The molecular weight excluding hydrogens is 513 g/mol. The third-order valence-electron chi connectivity index (χ3n) is 5.60. The molecule has 0 saturated heterocycles. The minimum Gasteiger partial charge on any atom is -0.322 e. The van der Waals surface area contributed by atoms with E-state index in [2.05, 4.69) is 15.6 Å². The Kier molecular flexibility index (Phi) is 7.45. The first-order valence-electron chi connectivity index (χ1n) is 10.9. The Morgan fingerprint density at radius 1 is 0.838 bits per heavy atom. The van der Waals surface area contributed by atoms with Crippen LogP contribution in [-0.4, -0.2) is 11.0 Å². The molecule has 0 radical (unpaired) electrons. The number of alkyl halides is 3. The van der Waals surface area contributed by atoms with Crippen LogP contribution in [0.25, 0.3) is 0 Å². The zero-order valence-electron chi connectivity index (χ0n) is 19.0. The molecule has 0 aliphatic carbocycles. The number of pyridine rings is 1. The highest BCUT2D eigenvalue weighted by atomic mass is 35.5. The molecule has 1 heterocycles. The van der Waals surface area contributed by atoms with E-state index in [0.29, 0.717) is 11.6 Å². The number of hydrogen-bond acceptors (Lipinski definition) is 2. The lowest BCUT2D eigenvalue weighted by atomic mass is 9.79. The maximum atomic E-state index is 14.6. The van der Waals surface area contributed by atoms with Crippen LogP contribution >= 0.6 is 11.6 Å². The number of carbonyl (C=O) groups is 1. The number of urea groups is 1. The maximum Gasteiger partial charge on any atom is 0.416 e. The molecule has 3 aromatic carbocycles. The SMILES string of the molecule is O=C(Nc1cccc(F)c1)N[C@](Cc1ccccc1)(c1cc(F)cc(C(F)(F)F)c1)c1ccc(Cl)cn1. The van der Waals surface area contributed by atoms with Crippen LogP contribution in [0, 0.1) is 11.6 Å². The average molecular weight is 532 g/mol. The molecule has 0 unspecified atom stereocenters. The molecule has 0 aliphatic rings. The Balaban J connectivity index is 1.91. The quantitative estimate of drug-likeness (QED) is 0.256. The summed E-state index contributed by atoms with van der Waals surface area (Å²) in [5.74, 6) is -1.75. The first-order valence-corrected chi connectivity index (χ1v) is 11.3. The molecule has 37 heavy (non-hydrogen) atoms. The summed E-state index contributed by atoms with van der Waals surface area (Å²) in [7, 11) is 0. The van der Waals surface area contributed by atoms with Crippen molar-refractivity contribution in [3.8, 4) is 0 Å². The van der Waals surface area contributed by atoms with E-state index in [4.69, 9.17) is 11.6 Å². The third kappa shape index (κ3) is 6.24. The number of hydrogen-bond donors (Lipinski definition) is 2. The molecule has 1 aromatic heterocycles. The zero-order chi connectivity index (χ0) is 26.6. The van der Waals surface area contributed by atoms with E-state index in [0.717, 1.165) is 18.2 Å². The summed E-state index contributed by atoms with van der Waals surface area (Å²) in [6.45, 7) is 0. The van der Waals surface area contributed by atoms with Gasteiger partial charge in [-0.25, -0.2) is 13.6 Å². The van der Waals surface area contributed by atoms with Gasteiger partial charge in [-0.05, 0) is 59.7 Å². The van der Waals surface area contributed by atoms with Crippen LogP contribution in [0.4, 0.5) is 32.4 Å². The summed E-state index contributed by atoms with van der Waals surface area (Å²) in [6, 6.07) is 17.7. The van der Waals surface area contributed by atoms with Crippen molar-refractivity contribution >= 4 is 23.3 Å². The number of anilines is 1. The van der Waals surface area contributed by atoms with Crippen molar-refractivity contribution in [2.45, 2.75) is 18.1 Å². The number of aromatic nitrogens is 1. The zero-order valence-corrected chi connectivity index (χ0v) is 19.7. The van der Waals surface area contributed by atoms with E-state index in [-0.39, 0.29) is 28.4 Å². The van der Waals surface area contributed by atoms with Gasteiger partial charge in [-0.15, -0.1) is 0 Å². The standard InChI is InChI=1S/C27H19ClF5N3O/c28-20-9-10-24(34-16-20)26(15-17-5-2-1-3-6-17,18-11-19(27(31,32)33)13-22(30)12-18)36-25(37)35-23-8-4-7-21(29)14-23/h1-14,16H,15H2,(H2,35,36,37)/t26-/m1/s1. The number of nitrogens with zero attached hydrogens (tertiary/aromatic N) is 1. The number of nitrogens with one attached hydrogen (secondary N) is 2. The first kappa shape index (κ1) is 26.1. The van der Waals surface area contributed by atoms with Crippen molar-refractivity contribution in [3.63, 3.8) is 0 Å². The number of benzene rings is 3. The third-order valence-corrected chi connectivity index (χ3v) is 5.83. The Labute approximate surface area is 214 Å². The topological polar surface area (TPSA) is 54.0 Å². The normalized spacial score (nSPS) is 13.0. The van der Waals surface area contributed by atoms with E-state index >= 15 is 0 Å². The Morgan fingerprint density at radius 2 is 1.57 bits per heavy atom. The van der Waals surface area contributed by atoms with Crippen LogP contribution in [-0.2, 0) is 18.1 Å². The minimum absolute atomic E-state index is 0.0974. The molecule has 0 saturated carbocycles. The van der Waals surface area contributed by atoms with Gasteiger partial charge in [0.25, 0.3) is 0 Å². The van der Waals surface area contributed by atoms with Gasteiger partial charge in [0.15, 0.2) is 0 Å². The van der Waals surface area contributed by atoms with E-state index in [1.807, 2.05) is 0 Å². The Bertz CT molecular complexity index is 1400. The Morgan fingerprint density at radius 3 is 2.22 bits per heavy atom.